The van der Waals surface area contributed by atoms with E-state index in [-0.39, 0.29) is 16.1 Å². The smallest absolute Gasteiger partial charge is 0.278 e. The monoisotopic (exact) mass is 231 g/mol. The second-order valence-corrected chi connectivity index (χ2v) is 4.07. The van der Waals surface area contributed by atoms with Gasteiger partial charge in [-0.05, 0) is 6.92 Å². The van der Waals surface area contributed by atoms with Gasteiger partial charge in [0.15, 0.2) is 10.3 Å². The van der Waals surface area contributed by atoms with Gasteiger partial charge in [-0.3, -0.25) is 4.79 Å². The molecule has 0 saturated heterocycles. The highest BCUT2D eigenvalue weighted by molar-refractivity contribution is 7.18. The molecule has 0 fully saturated rings. The first kappa shape index (κ1) is 10.2. The molecular weight excluding hydrogens is 224 g/mol. The number of hydrogen-bond donors (Lipinski definition) is 1. The van der Waals surface area contributed by atoms with Gasteiger partial charge in [0.05, 0.1) is 6.42 Å². The van der Waals surface area contributed by atoms with E-state index in [1.54, 1.807) is 6.92 Å². The Morgan fingerprint density at radius 2 is 2.20 bits per heavy atom. The molecule has 2 rings (SSSR count). The first-order valence-electron chi connectivity index (χ1n) is 4.21. The molecule has 0 aromatic carbocycles. The highest BCUT2D eigenvalue weighted by atomic mass is 32.1. The third-order valence-corrected chi connectivity index (χ3v) is 2.73. The minimum atomic E-state index is -2.45. The molecule has 0 saturated carbocycles. The van der Waals surface area contributed by atoms with Crippen molar-refractivity contribution in [2.75, 3.05) is 0 Å². The van der Waals surface area contributed by atoms with Crippen LogP contribution in [0.4, 0.5) is 8.78 Å². The quantitative estimate of drug-likeness (QED) is 0.852. The van der Waals surface area contributed by atoms with Crippen molar-refractivity contribution in [2.24, 2.45) is 0 Å². The summed E-state index contributed by atoms with van der Waals surface area (Å²) in [5.41, 5.74) is -0.240. The Kier molecular flexibility index (Phi) is 2.47. The number of thiazole rings is 1. The maximum absolute atomic E-state index is 12.1. The van der Waals surface area contributed by atoms with E-state index in [4.69, 9.17) is 0 Å². The highest BCUT2D eigenvalue weighted by Crippen LogP contribution is 2.19. The molecule has 0 bridgehead atoms. The van der Waals surface area contributed by atoms with Crippen molar-refractivity contribution in [3.63, 3.8) is 0 Å². The molecule has 0 atom stereocenters. The zero-order valence-electron chi connectivity index (χ0n) is 7.75. The van der Waals surface area contributed by atoms with Gasteiger partial charge in [-0.2, -0.15) is 0 Å². The predicted octanol–water partition coefficient (Wildman–Crippen LogP) is 1.50. The fraction of sp³-hybridized carbons (Fsp3) is 0.375. The van der Waals surface area contributed by atoms with E-state index in [0.29, 0.717) is 10.7 Å². The SMILES string of the molecule is Cc1nc2sc(CC(F)F)nc2c(=O)[nH]1. The molecule has 15 heavy (non-hydrogen) atoms. The minimum absolute atomic E-state index is 0.140. The molecule has 0 aliphatic rings. The highest BCUT2D eigenvalue weighted by Gasteiger charge is 2.12. The van der Waals surface area contributed by atoms with Crippen molar-refractivity contribution in [1.29, 1.82) is 0 Å². The average Bonchev–Trinajstić information content (AvgIpc) is 2.45. The van der Waals surface area contributed by atoms with Crippen molar-refractivity contribution in [3.05, 3.63) is 21.2 Å². The molecule has 80 valence electrons. The lowest BCUT2D eigenvalue weighted by Gasteiger charge is -1.90. The fourth-order valence-corrected chi connectivity index (χ4v) is 2.19. The standard InChI is InChI=1S/C8H7F2N3OS/c1-3-11-7(14)6-8(12-3)15-5(13-6)2-4(9)10/h4H,2H2,1H3,(H,11,12,14). The van der Waals surface area contributed by atoms with Crippen LogP contribution in [0.25, 0.3) is 10.3 Å². The molecule has 0 aliphatic carbocycles. The largest absolute Gasteiger partial charge is 0.309 e. The Hall–Kier alpha value is -1.37. The van der Waals surface area contributed by atoms with Gasteiger partial charge in [0.2, 0.25) is 6.43 Å². The molecule has 0 spiro atoms. The van der Waals surface area contributed by atoms with Gasteiger partial charge in [-0.1, -0.05) is 11.3 Å². The molecular formula is C8H7F2N3OS. The Bertz CT molecular complexity index is 548. The number of halogens is 2. The van der Waals surface area contributed by atoms with Gasteiger partial charge < -0.3 is 4.98 Å². The van der Waals surface area contributed by atoms with Crippen LogP contribution in [0.2, 0.25) is 0 Å². The number of nitrogens with one attached hydrogen (secondary N) is 1. The first-order chi connectivity index (χ1) is 7.06. The molecule has 2 aromatic rings. The summed E-state index contributed by atoms with van der Waals surface area (Å²) in [6.07, 6.45) is -2.88. The van der Waals surface area contributed by atoms with Crippen LogP contribution in [0.15, 0.2) is 4.79 Å². The summed E-state index contributed by atoms with van der Waals surface area (Å²) >= 11 is 1.03. The molecule has 0 radical (unpaired) electrons. The van der Waals surface area contributed by atoms with Gasteiger partial charge in [0.25, 0.3) is 5.56 Å². The number of aromatic nitrogens is 3. The van der Waals surface area contributed by atoms with E-state index in [1.807, 2.05) is 0 Å². The van der Waals surface area contributed by atoms with E-state index in [0.717, 1.165) is 11.3 Å². The number of rotatable bonds is 2. The van der Waals surface area contributed by atoms with E-state index in [1.165, 1.54) is 0 Å². The number of nitrogens with zero attached hydrogens (tertiary/aromatic N) is 2. The van der Waals surface area contributed by atoms with Gasteiger partial charge in [-0.15, -0.1) is 0 Å². The Balaban J connectivity index is 2.55. The van der Waals surface area contributed by atoms with E-state index in [9.17, 15) is 13.6 Å². The fourth-order valence-electron chi connectivity index (χ4n) is 1.20. The summed E-state index contributed by atoms with van der Waals surface area (Å²) in [6.45, 7) is 1.63. The van der Waals surface area contributed by atoms with E-state index in [2.05, 4.69) is 15.0 Å². The molecule has 4 nitrogen and oxygen atoms in total. The van der Waals surface area contributed by atoms with Crippen molar-refractivity contribution in [1.82, 2.24) is 15.0 Å². The van der Waals surface area contributed by atoms with Crippen molar-refractivity contribution in [2.45, 2.75) is 19.8 Å². The van der Waals surface area contributed by atoms with Crippen LogP contribution in [0.1, 0.15) is 10.8 Å². The van der Waals surface area contributed by atoms with Gasteiger partial charge in [0.1, 0.15) is 10.8 Å². The van der Waals surface area contributed by atoms with Gasteiger partial charge >= 0.3 is 0 Å². The normalized spacial score (nSPS) is 11.5. The van der Waals surface area contributed by atoms with Crippen LogP contribution in [0, 0.1) is 6.92 Å². The number of aromatic amines is 1. The molecule has 0 unspecified atom stereocenters. The van der Waals surface area contributed by atoms with E-state index >= 15 is 0 Å². The predicted molar refractivity (Wildman–Crippen MR) is 52.5 cm³/mol. The van der Waals surface area contributed by atoms with Crippen molar-refractivity contribution in [3.8, 4) is 0 Å². The molecule has 2 heterocycles. The van der Waals surface area contributed by atoms with Crippen LogP contribution in [-0.4, -0.2) is 21.4 Å². The third-order valence-electron chi connectivity index (χ3n) is 1.76. The summed E-state index contributed by atoms with van der Waals surface area (Å²) in [7, 11) is 0. The lowest BCUT2D eigenvalue weighted by Crippen LogP contribution is -2.09. The second-order valence-electron chi connectivity index (χ2n) is 3.01. The second kappa shape index (κ2) is 3.65. The zero-order valence-corrected chi connectivity index (χ0v) is 8.57. The average molecular weight is 231 g/mol. The maximum Gasteiger partial charge on any atom is 0.278 e. The molecule has 2 aromatic heterocycles. The number of aryl methyl sites for hydroxylation is 1. The van der Waals surface area contributed by atoms with Crippen LogP contribution < -0.4 is 5.56 Å². The summed E-state index contributed by atoms with van der Waals surface area (Å²) in [4.78, 5) is 22.1. The third kappa shape index (κ3) is 2.01. The Labute approximate surface area is 87.0 Å². The van der Waals surface area contributed by atoms with E-state index < -0.39 is 12.8 Å². The van der Waals surface area contributed by atoms with Crippen LogP contribution in [-0.2, 0) is 6.42 Å². The lowest BCUT2D eigenvalue weighted by molar-refractivity contribution is 0.149. The van der Waals surface area contributed by atoms with Crippen LogP contribution >= 0.6 is 11.3 Å². The molecule has 1 N–H and O–H groups in total. The number of H-pyrrole nitrogens is 1. The Morgan fingerprint density at radius 3 is 2.87 bits per heavy atom. The topological polar surface area (TPSA) is 58.6 Å². The molecule has 0 amide bonds. The summed E-state index contributed by atoms with van der Waals surface area (Å²) in [6, 6.07) is 0. The summed E-state index contributed by atoms with van der Waals surface area (Å²) in [5.74, 6) is 0.458. The zero-order chi connectivity index (χ0) is 11.0. The molecule has 0 aliphatic heterocycles. The number of hydrogen-bond acceptors (Lipinski definition) is 4. The molecule has 7 heteroatoms. The van der Waals surface area contributed by atoms with Crippen LogP contribution in [0.3, 0.4) is 0 Å². The Morgan fingerprint density at radius 1 is 1.47 bits per heavy atom. The number of alkyl halides is 2. The maximum atomic E-state index is 12.1. The van der Waals surface area contributed by atoms with Gasteiger partial charge in [0, 0.05) is 0 Å². The van der Waals surface area contributed by atoms with Gasteiger partial charge in [-0.25, -0.2) is 18.7 Å². The van der Waals surface area contributed by atoms with Crippen molar-refractivity contribution < 1.29 is 8.78 Å². The first-order valence-corrected chi connectivity index (χ1v) is 5.02. The lowest BCUT2D eigenvalue weighted by atomic mass is 10.4. The summed E-state index contributed by atoms with van der Waals surface area (Å²) in [5, 5.41) is 0.239. The number of fused-ring (bicyclic) bond motifs is 1. The van der Waals surface area contributed by atoms with Crippen LogP contribution in [0.5, 0.6) is 0 Å². The van der Waals surface area contributed by atoms with Crippen molar-refractivity contribution >= 4 is 21.7 Å². The minimum Gasteiger partial charge on any atom is -0.309 e. The summed E-state index contributed by atoms with van der Waals surface area (Å²) < 4.78 is 24.2.